The van der Waals surface area contributed by atoms with Gasteiger partial charge in [0, 0.05) is 42.2 Å². The second-order valence-corrected chi connectivity index (χ2v) is 7.31. The van der Waals surface area contributed by atoms with Crippen molar-refractivity contribution >= 4 is 27.5 Å². The minimum atomic E-state index is -0.468. The first-order valence-corrected chi connectivity index (χ1v) is 8.78. The number of aromatic nitrogens is 2. The van der Waals surface area contributed by atoms with Crippen molar-refractivity contribution in [3.63, 3.8) is 0 Å². The fourth-order valence-corrected chi connectivity index (χ4v) is 4.15. The van der Waals surface area contributed by atoms with Gasteiger partial charge in [0.1, 0.15) is 5.82 Å². The van der Waals surface area contributed by atoms with Gasteiger partial charge in [0.15, 0.2) is 5.78 Å². The smallest absolute Gasteiger partial charge is 0.332 e. The first kappa shape index (κ1) is 16.1. The van der Waals surface area contributed by atoms with E-state index >= 15 is 0 Å². The summed E-state index contributed by atoms with van der Waals surface area (Å²) < 4.78 is 3.41. The molecule has 1 aliphatic heterocycles. The maximum Gasteiger partial charge on any atom is 0.332 e. The highest BCUT2D eigenvalue weighted by Crippen LogP contribution is 2.44. The topological polar surface area (TPSA) is 73.1 Å². The summed E-state index contributed by atoms with van der Waals surface area (Å²) in [6.07, 6.45) is 1.02. The lowest BCUT2D eigenvalue weighted by Crippen LogP contribution is -2.43. The predicted molar refractivity (Wildman–Crippen MR) is 97.8 cm³/mol. The highest BCUT2D eigenvalue weighted by molar-refractivity contribution is 9.10. The molecule has 0 amide bonds. The average molecular weight is 402 g/mol. The van der Waals surface area contributed by atoms with Gasteiger partial charge in [0.25, 0.3) is 5.56 Å². The van der Waals surface area contributed by atoms with Crippen LogP contribution in [0.2, 0.25) is 0 Å². The van der Waals surface area contributed by atoms with Crippen LogP contribution in [-0.4, -0.2) is 14.9 Å². The summed E-state index contributed by atoms with van der Waals surface area (Å²) in [5, 5.41) is 3.18. The molecule has 4 rings (SSSR count). The molecule has 1 aromatic heterocycles. The van der Waals surface area contributed by atoms with Crippen molar-refractivity contribution in [2.24, 2.45) is 14.1 Å². The highest BCUT2D eigenvalue weighted by Gasteiger charge is 2.39. The number of fused-ring (bicyclic) bond motifs is 1. The van der Waals surface area contributed by atoms with Crippen LogP contribution in [0.4, 0.5) is 5.82 Å². The summed E-state index contributed by atoms with van der Waals surface area (Å²) in [7, 11) is 3.09. The molecule has 2 aromatic rings. The normalized spacial score (nSPS) is 18.8. The van der Waals surface area contributed by atoms with Crippen molar-refractivity contribution in [2.45, 2.75) is 18.8 Å². The minimum Gasteiger partial charge on any atom is -0.344 e. The minimum absolute atomic E-state index is 0.0500. The van der Waals surface area contributed by atoms with Gasteiger partial charge < -0.3 is 5.32 Å². The Balaban J connectivity index is 2.10. The van der Waals surface area contributed by atoms with Gasteiger partial charge >= 0.3 is 5.69 Å². The summed E-state index contributed by atoms with van der Waals surface area (Å²) in [4.78, 5) is 37.8. The Labute approximate surface area is 151 Å². The van der Waals surface area contributed by atoms with Crippen molar-refractivity contribution in [1.29, 1.82) is 0 Å². The van der Waals surface area contributed by atoms with E-state index in [0.717, 1.165) is 20.3 Å². The van der Waals surface area contributed by atoms with Crippen LogP contribution >= 0.6 is 15.9 Å². The molecule has 0 bridgehead atoms. The van der Waals surface area contributed by atoms with Crippen LogP contribution in [0.3, 0.4) is 0 Å². The second kappa shape index (κ2) is 5.56. The fourth-order valence-electron chi connectivity index (χ4n) is 3.73. The van der Waals surface area contributed by atoms with Crippen LogP contribution in [0, 0.1) is 0 Å². The van der Waals surface area contributed by atoms with Crippen LogP contribution in [0.5, 0.6) is 0 Å². The molecule has 25 heavy (non-hydrogen) atoms. The quantitative estimate of drug-likeness (QED) is 0.793. The van der Waals surface area contributed by atoms with Gasteiger partial charge in [-0.05, 0) is 24.1 Å². The van der Waals surface area contributed by atoms with E-state index in [1.54, 1.807) is 7.05 Å². The molecule has 128 valence electrons. The molecule has 1 N–H and O–H groups in total. The van der Waals surface area contributed by atoms with Crippen LogP contribution in [0.15, 0.2) is 49.6 Å². The molecule has 1 unspecified atom stereocenters. The Bertz CT molecular complexity index is 1080. The zero-order chi connectivity index (χ0) is 17.9. The fraction of sp³-hybridized carbons (Fsp3) is 0.278. The lowest BCUT2D eigenvalue weighted by atomic mass is 9.82. The number of nitrogens with one attached hydrogen (secondary N) is 1. The number of hydrogen-bond donors (Lipinski definition) is 1. The van der Waals surface area contributed by atoms with E-state index in [0.29, 0.717) is 29.8 Å². The molecular weight excluding hydrogens is 386 g/mol. The number of benzene rings is 1. The average Bonchev–Trinajstić information content (AvgIpc) is 2.97. The molecule has 0 saturated heterocycles. The van der Waals surface area contributed by atoms with Gasteiger partial charge in [-0.1, -0.05) is 28.1 Å². The molecule has 7 heteroatoms. The summed E-state index contributed by atoms with van der Waals surface area (Å²) in [5.74, 6) is 0.0600. The van der Waals surface area contributed by atoms with E-state index in [1.807, 2.05) is 24.3 Å². The lowest BCUT2D eigenvalue weighted by Gasteiger charge is -2.29. The van der Waals surface area contributed by atoms with Gasteiger partial charge in [-0.2, -0.15) is 0 Å². The summed E-state index contributed by atoms with van der Waals surface area (Å²) in [6, 6.07) is 7.61. The van der Waals surface area contributed by atoms with Gasteiger partial charge in [-0.25, -0.2) is 4.79 Å². The van der Waals surface area contributed by atoms with E-state index in [-0.39, 0.29) is 11.3 Å². The van der Waals surface area contributed by atoms with E-state index in [1.165, 1.54) is 11.6 Å². The SMILES string of the molecule is Cn1c2c(c(=O)n(C)c1=O)C(c1cccc(Br)c1)C1=C(CCC1=O)N2. The first-order chi connectivity index (χ1) is 11.9. The predicted octanol–water partition coefficient (Wildman–Crippen LogP) is 2.02. The van der Waals surface area contributed by atoms with Crippen molar-refractivity contribution < 1.29 is 4.79 Å². The van der Waals surface area contributed by atoms with E-state index in [9.17, 15) is 14.4 Å². The number of allylic oxidation sites excluding steroid dienone is 2. The Morgan fingerprint density at radius 3 is 2.60 bits per heavy atom. The maximum atomic E-state index is 12.9. The number of nitrogens with zero attached hydrogens (tertiary/aromatic N) is 2. The Morgan fingerprint density at radius 2 is 1.88 bits per heavy atom. The lowest BCUT2D eigenvalue weighted by molar-refractivity contribution is -0.115. The van der Waals surface area contributed by atoms with Crippen LogP contribution < -0.4 is 16.6 Å². The maximum absolute atomic E-state index is 12.9. The number of carbonyl (C=O) groups is 1. The summed E-state index contributed by atoms with van der Waals surface area (Å²) in [5.41, 5.74) is 1.99. The molecule has 0 fully saturated rings. The molecule has 1 aromatic carbocycles. The third kappa shape index (κ3) is 2.26. The van der Waals surface area contributed by atoms with Crippen molar-refractivity contribution in [1.82, 2.24) is 9.13 Å². The third-order valence-electron chi connectivity index (χ3n) is 4.96. The second-order valence-electron chi connectivity index (χ2n) is 6.40. The zero-order valence-electron chi connectivity index (χ0n) is 13.8. The monoisotopic (exact) mass is 401 g/mol. The number of hydrogen-bond acceptors (Lipinski definition) is 4. The number of carbonyl (C=O) groups excluding carboxylic acids is 1. The van der Waals surface area contributed by atoms with Gasteiger partial charge in [-0.15, -0.1) is 0 Å². The Morgan fingerprint density at radius 1 is 1.12 bits per heavy atom. The summed E-state index contributed by atoms with van der Waals surface area (Å²) in [6.45, 7) is 0. The van der Waals surface area contributed by atoms with Gasteiger partial charge in [0.05, 0.1) is 5.56 Å². The number of rotatable bonds is 1. The number of ketones is 1. The van der Waals surface area contributed by atoms with Crippen LogP contribution in [-0.2, 0) is 18.9 Å². The number of anilines is 1. The highest BCUT2D eigenvalue weighted by atomic mass is 79.9. The molecular formula is C18H16BrN3O3. The molecule has 0 spiro atoms. The molecule has 2 heterocycles. The van der Waals surface area contributed by atoms with Crippen LogP contribution in [0.1, 0.15) is 29.9 Å². The molecule has 0 radical (unpaired) electrons. The van der Waals surface area contributed by atoms with E-state index in [4.69, 9.17) is 0 Å². The standard InChI is InChI=1S/C18H16BrN3O3/c1-21-16-15(17(24)22(2)18(21)25)13(9-4-3-5-10(19)8-9)14-11(20-16)6-7-12(14)23/h3-5,8,13,20H,6-7H2,1-2H3. The zero-order valence-corrected chi connectivity index (χ0v) is 15.4. The van der Waals surface area contributed by atoms with Crippen molar-refractivity contribution in [3.8, 4) is 0 Å². The molecule has 1 atom stereocenters. The Hall–Kier alpha value is -2.41. The molecule has 1 aliphatic carbocycles. The molecule has 2 aliphatic rings. The summed E-state index contributed by atoms with van der Waals surface area (Å²) >= 11 is 3.46. The van der Waals surface area contributed by atoms with Crippen molar-refractivity contribution in [2.75, 3.05) is 5.32 Å². The van der Waals surface area contributed by atoms with Crippen LogP contribution in [0.25, 0.3) is 0 Å². The largest absolute Gasteiger partial charge is 0.344 e. The number of halogens is 1. The van der Waals surface area contributed by atoms with E-state index in [2.05, 4.69) is 21.2 Å². The molecule has 6 nitrogen and oxygen atoms in total. The third-order valence-corrected chi connectivity index (χ3v) is 5.45. The first-order valence-electron chi connectivity index (χ1n) is 7.98. The van der Waals surface area contributed by atoms with Crippen molar-refractivity contribution in [3.05, 3.63) is 72.0 Å². The molecule has 0 saturated carbocycles. The van der Waals surface area contributed by atoms with Gasteiger partial charge in [0.2, 0.25) is 0 Å². The number of Topliss-reactive ketones (excluding diaryl/α,β-unsaturated/α-hetero) is 1. The Kier molecular flexibility index (Phi) is 3.57. The van der Waals surface area contributed by atoms with E-state index < -0.39 is 11.6 Å². The van der Waals surface area contributed by atoms with Gasteiger partial charge in [-0.3, -0.25) is 18.7 Å².